The normalized spacial score (nSPS) is 26.8. The second kappa shape index (κ2) is 18.8. The number of hydrogen-bond donors (Lipinski definition) is 4. The van der Waals surface area contributed by atoms with E-state index >= 15 is 0 Å². The molecule has 4 amide bonds. The zero-order chi connectivity index (χ0) is 45.3. The Labute approximate surface area is 369 Å². The molecule has 2 aromatic carbocycles. The number of aromatic amines is 2. The lowest BCUT2D eigenvalue weighted by molar-refractivity contribution is -0.141. The predicted octanol–water partition coefficient (Wildman–Crippen LogP) is 7.26. The Morgan fingerprint density at radius 1 is 0.730 bits per heavy atom. The van der Waals surface area contributed by atoms with Gasteiger partial charge in [0.2, 0.25) is 11.8 Å². The van der Waals surface area contributed by atoms with Crippen molar-refractivity contribution in [3.8, 4) is 23.1 Å². The number of amides is 4. The smallest absolute Gasteiger partial charge is 0.407 e. The Morgan fingerprint density at radius 3 is 1.94 bits per heavy atom. The fourth-order valence-corrected chi connectivity index (χ4v) is 9.81. The number of alkyl carbamates (subject to hydrolysis) is 2. The largest absolute Gasteiger partial charge is 0.453 e. The van der Waals surface area contributed by atoms with Gasteiger partial charge in [0.05, 0.1) is 56.6 Å². The number of carbonyl (C=O) groups excluding carboxylic acids is 4. The highest BCUT2D eigenvalue weighted by Gasteiger charge is 2.47. The summed E-state index contributed by atoms with van der Waals surface area (Å²) in [5.41, 5.74) is 3.27. The van der Waals surface area contributed by atoms with Crippen molar-refractivity contribution < 1.29 is 33.4 Å². The van der Waals surface area contributed by atoms with Crippen LogP contribution in [0.2, 0.25) is 0 Å². The molecular weight excluding hydrogens is 801 g/mol. The number of hydrogen-bond acceptors (Lipinski definition) is 9. The van der Waals surface area contributed by atoms with Crippen LogP contribution in [0.3, 0.4) is 0 Å². The molecule has 0 bridgehead atoms. The van der Waals surface area contributed by atoms with Crippen LogP contribution >= 0.6 is 0 Å². The first-order chi connectivity index (χ1) is 30.1. The summed E-state index contributed by atoms with van der Waals surface area (Å²) < 4.78 is 15.7. The Balaban J connectivity index is 1.06. The van der Waals surface area contributed by atoms with Crippen LogP contribution in [0.15, 0.2) is 48.8 Å². The SMILES string of the molecule is COC(=O)NC(C(=O)N1[C@H](C)[C@H](C)C[C@H]1c1ncc(C#Cc2ccc3cc(-c4cnc([C@@H]5C[C@@H](C)[C@@H](C)N5C(=O)[C@@H](NC(=O)OC)C(C)C)[nH]4)ccc3c2)[nH]1)[C@H]1C[C@@H](C)O[C@@H](C)C1. The number of carbonyl (C=O) groups is 4. The van der Waals surface area contributed by atoms with Gasteiger partial charge in [-0.15, -0.1) is 0 Å². The van der Waals surface area contributed by atoms with Gasteiger partial charge < -0.3 is 44.6 Å². The Bertz CT molecular complexity index is 2370. The average molecular weight is 863 g/mol. The predicted molar refractivity (Wildman–Crippen MR) is 238 cm³/mol. The molecule has 0 radical (unpaired) electrons. The van der Waals surface area contributed by atoms with Crippen molar-refractivity contribution in [3.63, 3.8) is 0 Å². The molecule has 3 saturated heterocycles. The molecule has 15 nitrogen and oxygen atoms in total. The van der Waals surface area contributed by atoms with E-state index in [1.165, 1.54) is 14.2 Å². The van der Waals surface area contributed by atoms with Crippen LogP contribution in [0.5, 0.6) is 0 Å². The van der Waals surface area contributed by atoms with E-state index < -0.39 is 24.3 Å². The molecule has 2 aromatic heterocycles. The van der Waals surface area contributed by atoms with Gasteiger partial charge in [-0.1, -0.05) is 51.8 Å². The molecule has 15 heteroatoms. The van der Waals surface area contributed by atoms with Gasteiger partial charge in [0, 0.05) is 23.2 Å². The lowest BCUT2D eigenvalue weighted by atomic mass is 9.85. The molecule has 3 fully saturated rings. The summed E-state index contributed by atoms with van der Waals surface area (Å²) in [6, 6.07) is 10.1. The second-order valence-corrected chi connectivity index (χ2v) is 18.3. The van der Waals surface area contributed by atoms with Crippen molar-refractivity contribution in [1.29, 1.82) is 0 Å². The minimum atomic E-state index is -0.758. The van der Waals surface area contributed by atoms with Gasteiger partial charge in [-0.25, -0.2) is 19.6 Å². The standard InChI is InChI=1S/C48H62N8O7/c1-25(2)41(53-47(59)61-9)45(57)55-30(7)27(4)18-40(55)44-50-24-38(52-44)35-15-14-33-21-32(11-13-34(33)22-35)12-16-37-23-49-43(51-37)39-17-26(3)31(8)56(39)46(58)42(54-48(60)62-10)36-19-28(5)63-29(6)20-36/h11,13-15,21-31,36,39-42H,17-20H2,1-10H3,(H,49,51)(H,50,52)(H,53,59)(H,54,60)/t26-,27-,28-,29+,30-,31-,36+,39+,40+,41+,42?/m1/s1. The van der Waals surface area contributed by atoms with Gasteiger partial charge in [-0.2, -0.15) is 0 Å². The van der Waals surface area contributed by atoms with E-state index in [0.717, 1.165) is 40.4 Å². The fraction of sp³-hybridized carbons (Fsp3) is 0.542. The number of imidazole rings is 2. The van der Waals surface area contributed by atoms with Crippen LogP contribution < -0.4 is 10.6 Å². The summed E-state index contributed by atoms with van der Waals surface area (Å²) in [6.07, 6.45) is 4.95. The van der Waals surface area contributed by atoms with E-state index in [-0.39, 0.29) is 71.9 Å². The van der Waals surface area contributed by atoms with Gasteiger partial charge >= 0.3 is 12.2 Å². The maximum Gasteiger partial charge on any atom is 0.407 e. The number of rotatable bonds is 9. The van der Waals surface area contributed by atoms with Crippen molar-refractivity contribution in [2.24, 2.45) is 23.7 Å². The first kappa shape index (κ1) is 45.2. The molecule has 4 aromatic rings. The van der Waals surface area contributed by atoms with Crippen molar-refractivity contribution in [2.45, 2.75) is 130 Å². The molecule has 5 heterocycles. The monoisotopic (exact) mass is 862 g/mol. The molecule has 3 aliphatic heterocycles. The minimum Gasteiger partial charge on any atom is -0.453 e. The maximum absolute atomic E-state index is 14.5. The van der Waals surface area contributed by atoms with Crippen LogP contribution in [0.4, 0.5) is 9.59 Å². The van der Waals surface area contributed by atoms with Gasteiger partial charge in [0.1, 0.15) is 29.4 Å². The molecule has 336 valence electrons. The molecule has 63 heavy (non-hydrogen) atoms. The number of nitrogens with zero attached hydrogens (tertiary/aromatic N) is 4. The molecule has 11 atom stereocenters. The Kier molecular flexibility index (Phi) is 13.5. The zero-order valence-electron chi connectivity index (χ0n) is 38.0. The van der Waals surface area contributed by atoms with Crippen molar-refractivity contribution in [3.05, 3.63) is 71.7 Å². The van der Waals surface area contributed by atoms with E-state index in [2.05, 4.69) is 65.3 Å². The summed E-state index contributed by atoms with van der Waals surface area (Å²) in [5, 5.41) is 7.66. The summed E-state index contributed by atoms with van der Waals surface area (Å²) in [6.45, 7) is 16.2. The van der Waals surface area contributed by atoms with Crippen LogP contribution in [0.1, 0.15) is 116 Å². The van der Waals surface area contributed by atoms with Gasteiger partial charge in [0.25, 0.3) is 0 Å². The molecule has 1 unspecified atom stereocenters. The maximum atomic E-state index is 14.5. The number of likely N-dealkylation sites (tertiary alicyclic amines) is 2. The van der Waals surface area contributed by atoms with Crippen molar-refractivity contribution in [2.75, 3.05) is 14.2 Å². The second-order valence-electron chi connectivity index (χ2n) is 18.3. The summed E-state index contributed by atoms with van der Waals surface area (Å²) in [7, 11) is 2.60. The Morgan fingerprint density at radius 2 is 1.30 bits per heavy atom. The van der Waals surface area contributed by atoms with E-state index in [9.17, 15) is 19.2 Å². The van der Waals surface area contributed by atoms with Gasteiger partial charge in [0.15, 0.2) is 0 Å². The Hall–Kier alpha value is -5.88. The van der Waals surface area contributed by atoms with Crippen molar-refractivity contribution in [1.82, 2.24) is 40.4 Å². The molecule has 0 saturated carbocycles. The lowest BCUT2D eigenvalue weighted by Gasteiger charge is -2.39. The number of ether oxygens (including phenoxy) is 3. The number of benzene rings is 2. The molecule has 7 rings (SSSR count). The van der Waals surface area contributed by atoms with E-state index in [0.29, 0.717) is 30.2 Å². The summed E-state index contributed by atoms with van der Waals surface area (Å²) >= 11 is 0. The number of aromatic nitrogens is 4. The van der Waals surface area contributed by atoms with Crippen LogP contribution in [0.25, 0.3) is 22.0 Å². The van der Waals surface area contributed by atoms with E-state index in [1.54, 1.807) is 6.20 Å². The highest BCUT2D eigenvalue weighted by Crippen LogP contribution is 2.42. The van der Waals surface area contributed by atoms with Crippen LogP contribution in [-0.2, 0) is 23.8 Å². The number of methoxy groups -OCH3 is 2. The number of H-pyrrole nitrogens is 2. The summed E-state index contributed by atoms with van der Waals surface area (Å²) in [4.78, 5) is 73.2. The molecule has 4 N–H and O–H groups in total. The molecule has 3 aliphatic rings. The highest BCUT2D eigenvalue weighted by atomic mass is 16.5. The topological polar surface area (TPSA) is 184 Å². The number of fused-ring (bicyclic) bond motifs is 1. The highest BCUT2D eigenvalue weighted by molar-refractivity contribution is 5.89. The van der Waals surface area contributed by atoms with E-state index in [4.69, 9.17) is 24.2 Å². The minimum absolute atomic E-state index is 0.0344. The number of nitrogens with one attached hydrogen (secondary N) is 4. The molecular formula is C48H62N8O7. The van der Waals surface area contributed by atoms with Crippen LogP contribution in [-0.4, -0.2) is 104 Å². The fourth-order valence-electron chi connectivity index (χ4n) is 9.81. The molecule has 0 spiro atoms. The summed E-state index contributed by atoms with van der Waals surface area (Å²) in [5.74, 6) is 7.79. The van der Waals surface area contributed by atoms with Gasteiger partial charge in [-0.05, 0) is 112 Å². The molecule has 0 aliphatic carbocycles. The lowest BCUT2D eigenvalue weighted by Crippen LogP contribution is -2.55. The van der Waals surface area contributed by atoms with Crippen molar-refractivity contribution >= 4 is 34.8 Å². The third kappa shape index (κ3) is 9.56. The average Bonchev–Trinajstić information content (AvgIpc) is 4.06. The third-order valence-electron chi connectivity index (χ3n) is 13.5. The zero-order valence-corrected chi connectivity index (χ0v) is 38.0. The van der Waals surface area contributed by atoms with Crippen LogP contribution in [0, 0.1) is 35.5 Å². The quantitative estimate of drug-likeness (QED) is 0.126. The first-order valence-electron chi connectivity index (χ1n) is 22.2. The first-order valence-corrected chi connectivity index (χ1v) is 22.2. The third-order valence-corrected chi connectivity index (χ3v) is 13.5. The van der Waals surface area contributed by atoms with Gasteiger partial charge in [-0.3, -0.25) is 9.59 Å². The van der Waals surface area contributed by atoms with E-state index in [1.807, 2.05) is 74.9 Å².